The van der Waals surface area contributed by atoms with Gasteiger partial charge in [0.2, 0.25) is 0 Å². The molecule has 1 saturated heterocycles. The summed E-state index contributed by atoms with van der Waals surface area (Å²) in [6.07, 6.45) is -2.98. The maximum absolute atomic E-state index is 13.7. The molecule has 0 aliphatic carbocycles. The molecule has 0 radical (unpaired) electrons. The number of aromatic nitrogens is 2. The van der Waals surface area contributed by atoms with Crippen LogP contribution in [-0.2, 0) is 12.6 Å². The summed E-state index contributed by atoms with van der Waals surface area (Å²) in [5.41, 5.74) is 10.3. The van der Waals surface area contributed by atoms with E-state index in [1.165, 1.54) is 24.4 Å². The second-order valence-electron chi connectivity index (χ2n) is 7.49. The highest BCUT2D eigenvalue weighted by Gasteiger charge is 2.35. The second-order valence-corrected chi connectivity index (χ2v) is 7.49. The van der Waals surface area contributed by atoms with E-state index >= 15 is 0 Å². The maximum Gasteiger partial charge on any atom is 0.416 e. The van der Waals surface area contributed by atoms with E-state index < -0.39 is 17.4 Å². The lowest BCUT2D eigenvalue weighted by Crippen LogP contribution is -2.35. The third-order valence-electron chi connectivity index (χ3n) is 5.34. The maximum atomic E-state index is 13.7. The van der Waals surface area contributed by atoms with Crippen LogP contribution in [0.2, 0.25) is 0 Å². The van der Waals surface area contributed by atoms with Gasteiger partial charge in [-0.05, 0) is 43.0 Å². The van der Waals surface area contributed by atoms with Crippen molar-refractivity contribution in [3.63, 3.8) is 0 Å². The Bertz CT molecular complexity index is 901. The lowest BCUT2D eigenvalue weighted by atomic mass is 9.99. The molecular formula is C19H24F3N5O. The van der Waals surface area contributed by atoms with Crippen LogP contribution in [0.5, 0.6) is 0 Å². The Balaban J connectivity index is 1.93. The van der Waals surface area contributed by atoms with E-state index in [0.717, 1.165) is 17.2 Å². The lowest BCUT2D eigenvalue weighted by molar-refractivity contribution is -0.138. The van der Waals surface area contributed by atoms with E-state index in [0.29, 0.717) is 12.5 Å². The molecule has 2 heterocycles. The summed E-state index contributed by atoms with van der Waals surface area (Å²) in [7, 11) is 0. The molecule has 1 aliphatic rings. The summed E-state index contributed by atoms with van der Waals surface area (Å²) >= 11 is 0. The molecular weight excluding hydrogens is 371 g/mol. The zero-order chi connectivity index (χ0) is 20.6. The fourth-order valence-corrected chi connectivity index (χ4v) is 3.61. The van der Waals surface area contributed by atoms with Crippen molar-refractivity contribution >= 4 is 5.82 Å². The van der Waals surface area contributed by atoms with E-state index in [4.69, 9.17) is 11.5 Å². The Morgan fingerprint density at radius 2 is 2.00 bits per heavy atom. The predicted molar refractivity (Wildman–Crippen MR) is 101 cm³/mol. The van der Waals surface area contributed by atoms with Crippen LogP contribution in [0.3, 0.4) is 0 Å². The van der Waals surface area contributed by atoms with Crippen molar-refractivity contribution in [3.05, 3.63) is 52.1 Å². The van der Waals surface area contributed by atoms with Crippen molar-refractivity contribution in [1.29, 1.82) is 0 Å². The van der Waals surface area contributed by atoms with Crippen LogP contribution in [0.15, 0.2) is 35.3 Å². The van der Waals surface area contributed by atoms with Gasteiger partial charge in [-0.1, -0.05) is 13.0 Å². The van der Waals surface area contributed by atoms with Crippen molar-refractivity contribution < 1.29 is 13.2 Å². The summed E-state index contributed by atoms with van der Waals surface area (Å²) < 4.78 is 42.2. The number of rotatable bonds is 4. The van der Waals surface area contributed by atoms with Gasteiger partial charge in [-0.15, -0.1) is 0 Å². The molecule has 6 nitrogen and oxygen atoms in total. The number of hydrogen-bond donors (Lipinski definition) is 2. The normalized spacial score (nSPS) is 21.8. The quantitative estimate of drug-likeness (QED) is 0.827. The summed E-state index contributed by atoms with van der Waals surface area (Å²) in [6, 6.07) is 5.23. The monoisotopic (exact) mass is 395 g/mol. The highest BCUT2D eigenvalue weighted by atomic mass is 19.4. The van der Waals surface area contributed by atoms with Crippen LogP contribution >= 0.6 is 0 Å². The van der Waals surface area contributed by atoms with Crippen molar-refractivity contribution in [2.24, 2.45) is 11.7 Å². The summed E-state index contributed by atoms with van der Waals surface area (Å²) in [6.45, 7) is 5.40. The topological polar surface area (TPSA) is 90.2 Å². The number of benzene rings is 1. The number of alkyl halides is 3. The van der Waals surface area contributed by atoms with Crippen molar-refractivity contribution in [3.8, 4) is 5.69 Å². The first kappa shape index (κ1) is 20.3. The third-order valence-corrected chi connectivity index (χ3v) is 5.34. The van der Waals surface area contributed by atoms with Crippen LogP contribution in [0.4, 0.5) is 19.0 Å². The summed E-state index contributed by atoms with van der Waals surface area (Å²) in [5, 5.41) is 0. The Hall–Kier alpha value is -2.39. The number of hydrogen-bond acceptors (Lipinski definition) is 5. The van der Waals surface area contributed by atoms with Crippen molar-refractivity contribution in [2.75, 3.05) is 18.8 Å². The SMILES string of the molecule is CC1CN(C(C)Cc2ccc(-n3ccc(N)nc3=O)cc2C(F)(F)F)CC1N. The number of anilines is 1. The molecule has 9 heteroatoms. The molecule has 0 amide bonds. The van der Waals surface area contributed by atoms with E-state index in [2.05, 4.69) is 9.88 Å². The molecule has 3 unspecified atom stereocenters. The average molecular weight is 395 g/mol. The standard InChI is InChI=1S/C19H24F3N5O/c1-11-9-26(10-16(11)23)12(2)7-13-3-4-14(8-15(13)19(20,21)22)27-6-5-17(24)25-18(27)28/h3-6,8,11-12,16H,7,9-10,23H2,1-2H3,(H2,24,25,28). The van der Waals surface area contributed by atoms with Gasteiger partial charge in [0.15, 0.2) is 0 Å². The highest BCUT2D eigenvalue weighted by Crippen LogP contribution is 2.34. The van der Waals surface area contributed by atoms with E-state index in [-0.39, 0.29) is 35.6 Å². The molecule has 1 aromatic heterocycles. The van der Waals surface area contributed by atoms with Gasteiger partial charge in [0, 0.05) is 31.4 Å². The zero-order valence-electron chi connectivity index (χ0n) is 15.8. The minimum Gasteiger partial charge on any atom is -0.383 e. The molecule has 4 N–H and O–H groups in total. The Morgan fingerprint density at radius 1 is 1.29 bits per heavy atom. The summed E-state index contributed by atoms with van der Waals surface area (Å²) in [5.74, 6) is 0.331. The van der Waals surface area contributed by atoms with Crippen molar-refractivity contribution in [1.82, 2.24) is 14.5 Å². The molecule has 3 atom stereocenters. The molecule has 28 heavy (non-hydrogen) atoms. The van der Waals surface area contributed by atoms with Gasteiger partial charge in [-0.25, -0.2) is 4.79 Å². The van der Waals surface area contributed by atoms with Crippen LogP contribution in [0.25, 0.3) is 5.69 Å². The number of nitrogens with zero attached hydrogens (tertiary/aromatic N) is 3. The van der Waals surface area contributed by atoms with Crippen molar-refractivity contribution in [2.45, 2.75) is 38.5 Å². The lowest BCUT2D eigenvalue weighted by Gasteiger charge is -2.26. The second kappa shape index (κ2) is 7.56. The fourth-order valence-electron chi connectivity index (χ4n) is 3.61. The third kappa shape index (κ3) is 4.20. The number of likely N-dealkylation sites (tertiary alicyclic amines) is 1. The van der Waals surface area contributed by atoms with Crippen LogP contribution in [0, 0.1) is 5.92 Å². The zero-order valence-corrected chi connectivity index (χ0v) is 15.8. The predicted octanol–water partition coefficient (Wildman–Crippen LogP) is 2.04. The first-order chi connectivity index (χ1) is 13.1. The van der Waals surface area contributed by atoms with Gasteiger partial charge in [-0.2, -0.15) is 18.2 Å². The van der Waals surface area contributed by atoms with Gasteiger partial charge in [0.05, 0.1) is 11.3 Å². The van der Waals surface area contributed by atoms with Gasteiger partial charge < -0.3 is 11.5 Å². The minimum absolute atomic E-state index is 0.0146. The molecule has 1 fully saturated rings. The molecule has 0 spiro atoms. The number of nitrogens with two attached hydrogens (primary N) is 2. The molecule has 2 aromatic rings. The van der Waals surface area contributed by atoms with Gasteiger partial charge in [-0.3, -0.25) is 9.47 Å². The first-order valence-corrected chi connectivity index (χ1v) is 9.11. The molecule has 152 valence electrons. The van der Waals surface area contributed by atoms with E-state index in [1.807, 2.05) is 13.8 Å². The van der Waals surface area contributed by atoms with Gasteiger partial charge in [0.1, 0.15) is 5.82 Å². The van der Waals surface area contributed by atoms with Crippen LogP contribution in [0.1, 0.15) is 25.0 Å². The smallest absolute Gasteiger partial charge is 0.383 e. The van der Waals surface area contributed by atoms with Gasteiger partial charge >= 0.3 is 11.9 Å². The highest BCUT2D eigenvalue weighted by molar-refractivity contribution is 5.43. The Labute approximate surface area is 161 Å². The summed E-state index contributed by atoms with van der Waals surface area (Å²) in [4.78, 5) is 17.7. The molecule has 1 aromatic carbocycles. The largest absolute Gasteiger partial charge is 0.416 e. The molecule has 0 bridgehead atoms. The first-order valence-electron chi connectivity index (χ1n) is 9.11. The van der Waals surface area contributed by atoms with E-state index in [9.17, 15) is 18.0 Å². The number of halogens is 3. The molecule has 3 rings (SSSR count). The Morgan fingerprint density at radius 3 is 2.57 bits per heavy atom. The van der Waals surface area contributed by atoms with Gasteiger partial charge in [0.25, 0.3) is 0 Å². The van der Waals surface area contributed by atoms with Crippen LogP contribution in [-0.4, -0.2) is 39.6 Å². The molecule has 0 saturated carbocycles. The average Bonchev–Trinajstić information content (AvgIpc) is 2.94. The fraction of sp³-hybridized carbons (Fsp3) is 0.474. The van der Waals surface area contributed by atoms with E-state index in [1.54, 1.807) is 0 Å². The Kier molecular flexibility index (Phi) is 5.49. The number of nitrogen functional groups attached to an aromatic ring is 1. The minimum atomic E-state index is -4.54. The van der Waals surface area contributed by atoms with Crippen LogP contribution < -0.4 is 17.2 Å². The molecule has 1 aliphatic heterocycles.